The van der Waals surface area contributed by atoms with Crippen molar-refractivity contribution in [2.24, 2.45) is 0 Å². The van der Waals surface area contributed by atoms with Gasteiger partial charge >= 0.3 is 0 Å². The first-order chi connectivity index (χ1) is 9.22. The zero-order chi connectivity index (χ0) is 13.7. The molecule has 1 N–H and O–H groups in total. The second-order valence-electron chi connectivity index (χ2n) is 5.14. The number of nitrogens with zero attached hydrogens (tertiary/aromatic N) is 2. The molecule has 0 amide bonds. The van der Waals surface area contributed by atoms with Gasteiger partial charge in [0.1, 0.15) is 5.82 Å². The minimum atomic E-state index is -0.542. The Kier molecular flexibility index (Phi) is 4.96. The summed E-state index contributed by atoms with van der Waals surface area (Å²) < 4.78 is 13.1. The summed E-state index contributed by atoms with van der Waals surface area (Å²) in [7, 11) is 1.67. The van der Waals surface area contributed by atoms with E-state index in [0.717, 1.165) is 31.6 Å². The molecule has 1 fully saturated rings. The Morgan fingerprint density at radius 3 is 2.89 bits per heavy atom. The Bertz CT molecular complexity index is 386. The zero-order valence-electron chi connectivity index (χ0n) is 11.8. The number of aryl methyl sites for hydroxylation is 1. The highest BCUT2D eigenvalue weighted by molar-refractivity contribution is 5.00. The average Bonchev–Trinajstić information content (AvgIpc) is 2.87. The van der Waals surface area contributed by atoms with Gasteiger partial charge in [-0.1, -0.05) is 6.92 Å². The number of aliphatic hydroxyl groups excluding tert-OH is 1. The maximum Gasteiger partial charge on any atom is 0.111 e. The fraction of sp³-hybridized carbons (Fsp3) is 0.786. The van der Waals surface area contributed by atoms with E-state index in [9.17, 15) is 5.11 Å². The Morgan fingerprint density at radius 2 is 2.26 bits per heavy atom. The van der Waals surface area contributed by atoms with Crippen molar-refractivity contribution in [1.82, 2.24) is 9.55 Å². The van der Waals surface area contributed by atoms with Gasteiger partial charge in [0.05, 0.1) is 11.7 Å². The van der Waals surface area contributed by atoms with Crippen LogP contribution in [0.5, 0.6) is 0 Å². The second kappa shape index (κ2) is 6.50. The molecule has 1 saturated heterocycles. The quantitative estimate of drug-likeness (QED) is 0.847. The second-order valence-corrected chi connectivity index (χ2v) is 5.14. The molecule has 5 nitrogen and oxygen atoms in total. The van der Waals surface area contributed by atoms with Crippen molar-refractivity contribution in [2.75, 3.05) is 20.3 Å². The zero-order valence-corrected chi connectivity index (χ0v) is 11.8. The van der Waals surface area contributed by atoms with Gasteiger partial charge in [-0.25, -0.2) is 4.98 Å². The molecule has 0 saturated carbocycles. The molecule has 0 bridgehead atoms. The summed E-state index contributed by atoms with van der Waals surface area (Å²) in [6, 6.07) is 0. The molecule has 0 aromatic carbocycles. The van der Waals surface area contributed by atoms with Crippen LogP contribution in [0.25, 0.3) is 0 Å². The number of hydrogen-bond acceptors (Lipinski definition) is 4. The third-order valence-corrected chi connectivity index (χ3v) is 4.00. The SMILES string of the molecule is CCCn1ccnc1CC(O)C1(OC)CCOCC1. The van der Waals surface area contributed by atoms with E-state index >= 15 is 0 Å². The minimum absolute atomic E-state index is 0.485. The first kappa shape index (κ1) is 14.5. The van der Waals surface area contributed by atoms with Gasteiger partial charge in [-0.15, -0.1) is 0 Å². The van der Waals surface area contributed by atoms with Crippen LogP contribution in [0.1, 0.15) is 32.0 Å². The van der Waals surface area contributed by atoms with E-state index in [1.807, 2.05) is 6.20 Å². The van der Waals surface area contributed by atoms with Crippen LogP contribution in [-0.2, 0) is 22.4 Å². The van der Waals surface area contributed by atoms with E-state index in [-0.39, 0.29) is 0 Å². The highest BCUT2D eigenvalue weighted by Gasteiger charge is 2.40. The van der Waals surface area contributed by atoms with Crippen LogP contribution in [0.2, 0.25) is 0 Å². The monoisotopic (exact) mass is 268 g/mol. The van der Waals surface area contributed by atoms with E-state index in [0.29, 0.717) is 19.6 Å². The van der Waals surface area contributed by atoms with Gasteiger partial charge in [0, 0.05) is 58.5 Å². The van der Waals surface area contributed by atoms with Crippen LogP contribution in [0.4, 0.5) is 0 Å². The molecule has 1 unspecified atom stereocenters. The van der Waals surface area contributed by atoms with Crippen molar-refractivity contribution in [3.8, 4) is 0 Å². The molecule has 19 heavy (non-hydrogen) atoms. The molecule has 2 rings (SSSR count). The van der Waals surface area contributed by atoms with Crippen LogP contribution < -0.4 is 0 Å². The molecule has 2 heterocycles. The van der Waals surface area contributed by atoms with E-state index in [1.165, 1.54) is 0 Å². The Labute approximate surface area is 114 Å². The fourth-order valence-corrected chi connectivity index (χ4v) is 2.72. The molecule has 0 spiro atoms. The average molecular weight is 268 g/mol. The summed E-state index contributed by atoms with van der Waals surface area (Å²) in [5, 5.41) is 10.6. The lowest BCUT2D eigenvalue weighted by Gasteiger charge is -2.39. The van der Waals surface area contributed by atoms with Gasteiger partial charge in [0.2, 0.25) is 0 Å². The van der Waals surface area contributed by atoms with Crippen LogP contribution in [0.15, 0.2) is 12.4 Å². The molecular weight excluding hydrogens is 244 g/mol. The first-order valence-electron chi connectivity index (χ1n) is 7.03. The molecule has 108 valence electrons. The Hall–Kier alpha value is -0.910. The van der Waals surface area contributed by atoms with E-state index in [2.05, 4.69) is 16.5 Å². The van der Waals surface area contributed by atoms with Crippen molar-refractivity contribution in [3.05, 3.63) is 18.2 Å². The Morgan fingerprint density at radius 1 is 1.53 bits per heavy atom. The largest absolute Gasteiger partial charge is 0.390 e. The van der Waals surface area contributed by atoms with Crippen molar-refractivity contribution in [2.45, 2.75) is 50.9 Å². The predicted molar refractivity (Wildman–Crippen MR) is 72.0 cm³/mol. The van der Waals surface area contributed by atoms with Gasteiger partial charge in [0.25, 0.3) is 0 Å². The van der Waals surface area contributed by atoms with Gasteiger partial charge in [0.15, 0.2) is 0 Å². The summed E-state index contributed by atoms with van der Waals surface area (Å²) in [4.78, 5) is 4.35. The molecule has 1 atom stereocenters. The lowest BCUT2D eigenvalue weighted by atomic mass is 9.86. The van der Waals surface area contributed by atoms with Gasteiger partial charge in [-0.05, 0) is 6.42 Å². The lowest BCUT2D eigenvalue weighted by Crippen LogP contribution is -2.49. The van der Waals surface area contributed by atoms with Crippen LogP contribution >= 0.6 is 0 Å². The van der Waals surface area contributed by atoms with E-state index in [4.69, 9.17) is 9.47 Å². The van der Waals surface area contributed by atoms with Crippen molar-refractivity contribution in [1.29, 1.82) is 0 Å². The van der Waals surface area contributed by atoms with Crippen LogP contribution in [0, 0.1) is 0 Å². The van der Waals surface area contributed by atoms with Crippen molar-refractivity contribution in [3.63, 3.8) is 0 Å². The number of aliphatic hydroxyl groups is 1. The summed E-state index contributed by atoms with van der Waals surface area (Å²) in [6.45, 7) is 4.36. The van der Waals surface area contributed by atoms with Gasteiger partial charge < -0.3 is 19.1 Å². The van der Waals surface area contributed by atoms with Crippen molar-refractivity contribution >= 4 is 0 Å². The maximum absolute atomic E-state index is 10.6. The third-order valence-electron chi connectivity index (χ3n) is 4.00. The number of imidazole rings is 1. The van der Waals surface area contributed by atoms with Gasteiger partial charge in [-0.2, -0.15) is 0 Å². The molecule has 0 aliphatic carbocycles. The van der Waals surface area contributed by atoms with E-state index < -0.39 is 11.7 Å². The van der Waals surface area contributed by atoms with E-state index in [1.54, 1.807) is 13.3 Å². The maximum atomic E-state index is 10.6. The number of rotatable bonds is 6. The molecular formula is C14H24N2O3. The standard InChI is InChI=1S/C14H24N2O3/c1-3-7-16-8-6-15-13(16)11-12(17)14(18-2)4-9-19-10-5-14/h6,8,12,17H,3-5,7,9-11H2,1-2H3. The summed E-state index contributed by atoms with van der Waals surface area (Å²) in [5.41, 5.74) is -0.485. The smallest absolute Gasteiger partial charge is 0.111 e. The topological polar surface area (TPSA) is 56.5 Å². The number of ether oxygens (including phenoxy) is 2. The normalized spacial score (nSPS) is 20.4. The predicted octanol–water partition coefficient (Wildman–Crippen LogP) is 1.39. The third kappa shape index (κ3) is 3.16. The van der Waals surface area contributed by atoms with Gasteiger partial charge in [-0.3, -0.25) is 0 Å². The highest BCUT2D eigenvalue weighted by Crippen LogP contribution is 2.29. The molecule has 1 aromatic rings. The highest BCUT2D eigenvalue weighted by atomic mass is 16.5. The molecule has 5 heteroatoms. The first-order valence-corrected chi connectivity index (χ1v) is 7.03. The lowest BCUT2D eigenvalue weighted by molar-refractivity contribution is -0.152. The van der Waals surface area contributed by atoms with Crippen LogP contribution in [-0.4, -0.2) is 46.7 Å². The molecule has 1 aromatic heterocycles. The summed E-state index contributed by atoms with van der Waals surface area (Å²) in [5.74, 6) is 0.928. The number of hydrogen-bond donors (Lipinski definition) is 1. The summed E-state index contributed by atoms with van der Waals surface area (Å²) in [6.07, 6.45) is 6.28. The number of aromatic nitrogens is 2. The molecule has 0 radical (unpaired) electrons. The Balaban J connectivity index is 2.06. The number of methoxy groups -OCH3 is 1. The van der Waals surface area contributed by atoms with Crippen LogP contribution in [0.3, 0.4) is 0 Å². The van der Waals surface area contributed by atoms with Crippen molar-refractivity contribution < 1.29 is 14.6 Å². The summed E-state index contributed by atoms with van der Waals surface area (Å²) >= 11 is 0. The minimum Gasteiger partial charge on any atom is -0.390 e. The molecule has 1 aliphatic heterocycles. The molecule has 1 aliphatic rings. The fourth-order valence-electron chi connectivity index (χ4n) is 2.72.